The van der Waals surface area contributed by atoms with Crippen molar-refractivity contribution >= 4 is 52.5 Å². The number of allylic oxidation sites excluding steroid dienone is 1. The number of nitrogens with zero attached hydrogens (tertiary/aromatic N) is 1. The van der Waals surface area contributed by atoms with Crippen molar-refractivity contribution in [3.05, 3.63) is 106 Å². The first kappa shape index (κ1) is 26.1. The Kier molecular flexibility index (Phi) is 8.01. The number of amides is 2. The second kappa shape index (κ2) is 11.4. The highest BCUT2D eigenvalue weighted by atomic mass is 35.5. The summed E-state index contributed by atoms with van der Waals surface area (Å²) in [5.74, 6) is -1.16. The van der Waals surface area contributed by atoms with Gasteiger partial charge in [0.15, 0.2) is 16.6 Å². The van der Waals surface area contributed by atoms with Gasteiger partial charge in [-0.3, -0.25) is 14.9 Å². The standard InChI is InChI=1S/C28H22ClFN2O4S/c1-3-6-19-13-18(15-24(35-2)25(19)36-16-17-9-11-20(29)12-10-17)14-21-26(33)31-28(37)32(27(21)34)23-8-5-4-7-22(23)30/h3-5,7-15H,1,6,16H2,2H3,(H,31,33,37)/b21-14+. The SMILES string of the molecule is C=CCc1cc(/C=C2\C(=O)NC(=S)N(c3ccccc3F)C2=O)cc(OC)c1OCc1ccc(Cl)cc1. The average Bonchev–Trinajstić information content (AvgIpc) is 2.88. The Hall–Kier alpha value is -4.01. The number of benzene rings is 3. The summed E-state index contributed by atoms with van der Waals surface area (Å²) >= 11 is 11.1. The highest BCUT2D eigenvalue weighted by Crippen LogP contribution is 2.35. The van der Waals surface area contributed by atoms with Crippen molar-refractivity contribution < 1.29 is 23.5 Å². The molecule has 4 rings (SSSR count). The molecule has 0 bridgehead atoms. The van der Waals surface area contributed by atoms with E-state index in [2.05, 4.69) is 11.9 Å². The number of hydrogen-bond donors (Lipinski definition) is 1. The molecule has 1 saturated heterocycles. The van der Waals surface area contributed by atoms with Crippen molar-refractivity contribution in [3.8, 4) is 11.5 Å². The van der Waals surface area contributed by atoms with E-state index in [1.807, 2.05) is 12.1 Å². The Labute approximate surface area is 223 Å². The van der Waals surface area contributed by atoms with Crippen LogP contribution in [0.5, 0.6) is 11.5 Å². The fourth-order valence-electron chi connectivity index (χ4n) is 3.80. The lowest BCUT2D eigenvalue weighted by Crippen LogP contribution is -2.54. The first-order valence-electron chi connectivity index (χ1n) is 11.2. The number of ether oxygens (including phenoxy) is 2. The molecule has 0 radical (unpaired) electrons. The predicted molar refractivity (Wildman–Crippen MR) is 145 cm³/mol. The van der Waals surface area contributed by atoms with Crippen molar-refractivity contribution in [2.75, 3.05) is 12.0 Å². The molecular formula is C28H22ClFN2O4S. The smallest absolute Gasteiger partial charge is 0.270 e. The van der Waals surface area contributed by atoms with Crippen LogP contribution in [0, 0.1) is 5.82 Å². The van der Waals surface area contributed by atoms with E-state index in [4.69, 9.17) is 33.3 Å². The average molecular weight is 537 g/mol. The molecule has 3 aromatic rings. The van der Waals surface area contributed by atoms with Gasteiger partial charge in [0.05, 0.1) is 12.8 Å². The third-order valence-corrected chi connectivity index (χ3v) is 6.08. The van der Waals surface area contributed by atoms with Gasteiger partial charge in [0.25, 0.3) is 11.8 Å². The van der Waals surface area contributed by atoms with E-state index < -0.39 is 17.6 Å². The minimum Gasteiger partial charge on any atom is -0.493 e. The number of carbonyl (C=O) groups is 2. The molecular weight excluding hydrogens is 515 g/mol. The third-order valence-electron chi connectivity index (χ3n) is 5.54. The van der Waals surface area contributed by atoms with Crippen LogP contribution in [-0.2, 0) is 22.6 Å². The number of anilines is 1. The van der Waals surface area contributed by atoms with Crippen LogP contribution in [0.1, 0.15) is 16.7 Å². The maximum Gasteiger partial charge on any atom is 0.270 e. The molecule has 0 aromatic heterocycles. The van der Waals surface area contributed by atoms with E-state index in [1.165, 1.54) is 31.4 Å². The molecule has 37 heavy (non-hydrogen) atoms. The van der Waals surface area contributed by atoms with Gasteiger partial charge in [-0.15, -0.1) is 6.58 Å². The first-order valence-corrected chi connectivity index (χ1v) is 12.0. The molecule has 2 amide bonds. The van der Waals surface area contributed by atoms with Gasteiger partial charge in [0.2, 0.25) is 0 Å². The van der Waals surface area contributed by atoms with E-state index in [9.17, 15) is 14.0 Å². The second-order valence-corrected chi connectivity index (χ2v) is 8.85. The Morgan fingerprint density at radius 1 is 1.14 bits per heavy atom. The van der Waals surface area contributed by atoms with Gasteiger partial charge in [0.1, 0.15) is 18.0 Å². The maximum atomic E-state index is 14.4. The summed E-state index contributed by atoms with van der Waals surface area (Å²) in [7, 11) is 1.50. The zero-order valence-corrected chi connectivity index (χ0v) is 21.4. The van der Waals surface area contributed by atoms with Crippen molar-refractivity contribution in [2.45, 2.75) is 13.0 Å². The van der Waals surface area contributed by atoms with Crippen molar-refractivity contribution in [2.24, 2.45) is 0 Å². The van der Waals surface area contributed by atoms with Gasteiger partial charge >= 0.3 is 0 Å². The summed E-state index contributed by atoms with van der Waals surface area (Å²) in [6.07, 6.45) is 3.55. The summed E-state index contributed by atoms with van der Waals surface area (Å²) < 4.78 is 26.1. The van der Waals surface area contributed by atoms with Gasteiger partial charge in [-0.05, 0) is 72.2 Å². The Bertz CT molecular complexity index is 1420. The maximum absolute atomic E-state index is 14.4. The second-order valence-electron chi connectivity index (χ2n) is 8.03. The summed E-state index contributed by atoms with van der Waals surface area (Å²) in [5.41, 5.74) is 1.89. The summed E-state index contributed by atoms with van der Waals surface area (Å²) in [4.78, 5) is 26.9. The molecule has 188 valence electrons. The molecule has 0 aliphatic carbocycles. The summed E-state index contributed by atoms with van der Waals surface area (Å²) in [6, 6.07) is 16.4. The monoisotopic (exact) mass is 536 g/mol. The van der Waals surface area contributed by atoms with Crippen LogP contribution in [-0.4, -0.2) is 24.0 Å². The van der Waals surface area contributed by atoms with Gasteiger partial charge in [0, 0.05) is 10.6 Å². The number of nitrogens with one attached hydrogen (secondary N) is 1. The molecule has 6 nitrogen and oxygen atoms in total. The van der Waals surface area contributed by atoms with E-state index in [0.717, 1.165) is 16.0 Å². The molecule has 1 N–H and O–H groups in total. The summed E-state index contributed by atoms with van der Waals surface area (Å²) in [5, 5.41) is 2.88. The lowest BCUT2D eigenvalue weighted by molar-refractivity contribution is -0.122. The third kappa shape index (κ3) is 5.71. The molecule has 1 aliphatic heterocycles. The molecule has 1 heterocycles. The number of hydrogen-bond acceptors (Lipinski definition) is 5. The van der Waals surface area contributed by atoms with Crippen molar-refractivity contribution in [1.82, 2.24) is 5.32 Å². The topological polar surface area (TPSA) is 67.9 Å². The normalized spacial score (nSPS) is 14.5. The van der Waals surface area contributed by atoms with E-state index >= 15 is 0 Å². The van der Waals surface area contributed by atoms with Crippen LogP contribution in [0.4, 0.5) is 10.1 Å². The summed E-state index contributed by atoms with van der Waals surface area (Å²) in [6.45, 7) is 4.08. The van der Waals surface area contributed by atoms with Gasteiger partial charge < -0.3 is 9.47 Å². The van der Waals surface area contributed by atoms with Crippen LogP contribution in [0.15, 0.2) is 78.9 Å². The fraction of sp³-hybridized carbons (Fsp3) is 0.107. The molecule has 1 fully saturated rings. The Morgan fingerprint density at radius 2 is 1.86 bits per heavy atom. The van der Waals surface area contributed by atoms with Crippen LogP contribution >= 0.6 is 23.8 Å². The van der Waals surface area contributed by atoms with Crippen LogP contribution in [0.25, 0.3) is 6.08 Å². The number of rotatable bonds is 8. The fourth-order valence-corrected chi connectivity index (χ4v) is 4.20. The largest absolute Gasteiger partial charge is 0.493 e. The Morgan fingerprint density at radius 3 is 2.54 bits per heavy atom. The highest BCUT2D eigenvalue weighted by molar-refractivity contribution is 7.80. The molecule has 1 aliphatic rings. The molecule has 0 saturated carbocycles. The van der Waals surface area contributed by atoms with Gasteiger partial charge in [-0.2, -0.15) is 0 Å². The van der Waals surface area contributed by atoms with Crippen LogP contribution < -0.4 is 19.7 Å². The molecule has 9 heteroatoms. The van der Waals surface area contributed by atoms with Crippen LogP contribution in [0.3, 0.4) is 0 Å². The van der Waals surface area contributed by atoms with Crippen LogP contribution in [0.2, 0.25) is 5.02 Å². The predicted octanol–water partition coefficient (Wildman–Crippen LogP) is 5.63. The molecule has 3 aromatic carbocycles. The van der Waals surface area contributed by atoms with E-state index in [1.54, 1.807) is 36.4 Å². The number of halogens is 2. The Balaban J connectivity index is 1.70. The number of para-hydroxylation sites is 1. The van der Waals surface area contributed by atoms with E-state index in [-0.39, 0.29) is 23.0 Å². The number of thiocarbonyl (C=S) groups is 1. The zero-order chi connectivity index (χ0) is 26.5. The molecule has 0 unspecified atom stereocenters. The molecule has 0 spiro atoms. The van der Waals surface area contributed by atoms with E-state index in [0.29, 0.717) is 28.5 Å². The minimum absolute atomic E-state index is 0.0562. The lowest BCUT2D eigenvalue weighted by atomic mass is 10.0. The first-order chi connectivity index (χ1) is 17.8. The minimum atomic E-state index is -0.744. The van der Waals surface area contributed by atoms with Crippen molar-refractivity contribution in [1.29, 1.82) is 0 Å². The van der Waals surface area contributed by atoms with Gasteiger partial charge in [-0.25, -0.2) is 9.29 Å². The quantitative estimate of drug-likeness (QED) is 0.175. The number of carbonyl (C=O) groups excluding carboxylic acids is 2. The molecule has 0 atom stereocenters. The lowest BCUT2D eigenvalue weighted by Gasteiger charge is -2.29. The zero-order valence-electron chi connectivity index (χ0n) is 19.8. The number of methoxy groups -OCH3 is 1. The van der Waals surface area contributed by atoms with Gasteiger partial charge in [-0.1, -0.05) is 41.9 Å². The van der Waals surface area contributed by atoms with Crippen molar-refractivity contribution in [3.63, 3.8) is 0 Å². The highest BCUT2D eigenvalue weighted by Gasteiger charge is 2.35.